The van der Waals surface area contributed by atoms with Crippen molar-refractivity contribution in [2.45, 2.75) is 60.4 Å². The van der Waals surface area contributed by atoms with Gasteiger partial charge in [-0.3, -0.25) is 4.79 Å². The lowest BCUT2D eigenvalue weighted by molar-refractivity contribution is -0.124. The van der Waals surface area contributed by atoms with Crippen LogP contribution in [0.25, 0.3) is 0 Å². The topological polar surface area (TPSA) is 127 Å². The number of rotatable bonds is 7. The van der Waals surface area contributed by atoms with Gasteiger partial charge in [0.15, 0.2) is 0 Å². The van der Waals surface area contributed by atoms with Crippen molar-refractivity contribution in [2.75, 3.05) is 6.54 Å². The lowest BCUT2D eigenvalue weighted by Gasteiger charge is -2.32. The molecule has 1 aliphatic heterocycles. The maximum Gasteiger partial charge on any atom is 0.244 e. The molecule has 0 aromatic heterocycles. The molecule has 10 heteroatoms. The molecule has 1 amide bonds. The maximum atomic E-state index is 13.5. The second kappa shape index (κ2) is 9.54. The van der Waals surface area contributed by atoms with E-state index in [2.05, 4.69) is 5.32 Å². The van der Waals surface area contributed by atoms with Crippen LogP contribution in [-0.4, -0.2) is 45.7 Å². The number of nitrogens with zero attached hydrogens (tertiary/aromatic N) is 1. The van der Waals surface area contributed by atoms with E-state index in [-0.39, 0.29) is 27.7 Å². The molecule has 2 aliphatic rings. The first kappa shape index (κ1) is 23.9. The highest BCUT2D eigenvalue weighted by atomic mass is 32.2. The van der Waals surface area contributed by atoms with E-state index >= 15 is 0 Å². The van der Waals surface area contributed by atoms with Crippen LogP contribution < -0.4 is 10.5 Å². The third-order valence-corrected chi connectivity index (χ3v) is 9.49. The molecule has 0 bridgehead atoms. The number of benzene rings is 2. The molecule has 33 heavy (non-hydrogen) atoms. The van der Waals surface area contributed by atoms with Crippen LogP contribution in [0.3, 0.4) is 0 Å². The fourth-order valence-electron chi connectivity index (χ4n) is 5.00. The second-order valence-corrected chi connectivity index (χ2v) is 12.1. The second-order valence-electron chi connectivity index (χ2n) is 8.74. The van der Waals surface area contributed by atoms with Crippen molar-refractivity contribution in [3.05, 3.63) is 60.2 Å². The van der Waals surface area contributed by atoms with Gasteiger partial charge in [0, 0.05) is 12.6 Å². The van der Waals surface area contributed by atoms with Crippen LogP contribution in [0.2, 0.25) is 0 Å². The Kier molecular flexibility index (Phi) is 6.90. The van der Waals surface area contributed by atoms with Crippen LogP contribution in [0.4, 0.5) is 0 Å². The summed E-state index contributed by atoms with van der Waals surface area (Å²) in [5, 5.41) is 8.01. The number of nitrogens with two attached hydrogens (primary N) is 1. The molecule has 1 saturated heterocycles. The number of amides is 1. The summed E-state index contributed by atoms with van der Waals surface area (Å²) in [7, 11) is -7.55. The molecule has 0 spiro atoms. The lowest BCUT2D eigenvalue weighted by Crippen LogP contribution is -2.49. The molecule has 3 unspecified atom stereocenters. The first-order chi connectivity index (χ1) is 15.7. The van der Waals surface area contributed by atoms with Gasteiger partial charge >= 0.3 is 0 Å². The predicted octanol–water partition coefficient (Wildman–Crippen LogP) is 2.01. The van der Waals surface area contributed by atoms with Crippen LogP contribution in [-0.2, 0) is 31.3 Å². The monoisotopic (exact) mass is 491 g/mol. The summed E-state index contributed by atoms with van der Waals surface area (Å²) in [4.78, 5) is 13.4. The third-order valence-electron chi connectivity index (χ3n) is 6.62. The Morgan fingerprint density at radius 2 is 1.61 bits per heavy atom. The van der Waals surface area contributed by atoms with E-state index < -0.39 is 26.1 Å². The van der Waals surface area contributed by atoms with Crippen molar-refractivity contribution in [1.29, 1.82) is 0 Å². The summed E-state index contributed by atoms with van der Waals surface area (Å²) in [5.41, 5.74) is 0.844. The van der Waals surface area contributed by atoms with Gasteiger partial charge in [0.25, 0.3) is 0 Å². The number of fused-ring (bicyclic) bond motifs is 1. The Bertz CT molecular complexity index is 1200. The maximum absolute atomic E-state index is 13.5. The number of hydrogen-bond donors (Lipinski definition) is 2. The summed E-state index contributed by atoms with van der Waals surface area (Å²) in [6.07, 6.45) is 4.75. The molecule has 3 N–H and O–H groups in total. The Hall–Kier alpha value is -2.27. The standard InChI is InChI=1S/C23H29N3O5S2/c24-32(28,29)19-12-10-17(11-13-19)14-15-25-23(27)22-16-18-6-4-5-9-21(18)26(22)33(30,31)20-7-2-1-3-8-20/h1-3,7-8,10-13,18,21-22H,4-6,9,14-16H2,(H,25,27)(H2,24,28,29). The zero-order valence-corrected chi connectivity index (χ0v) is 19.9. The van der Waals surface area contributed by atoms with E-state index in [1.165, 1.54) is 16.4 Å². The van der Waals surface area contributed by atoms with E-state index in [9.17, 15) is 21.6 Å². The molecule has 2 fully saturated rings. The molecule has 2 aromatic carbocycles. The number of carbonyl (C=O) groups excluding carboxylic acids is 1. The Balaban J connectivity index is 1.47. The normalized spacial score (nSPS) is 23.7. The van der Waals surface area contributed by atoms with E-state index in [1.54, 1.807) is 42.5 Å². The van der Waals surface area contributed by atoms with Gasteiger partial charge in [0.05, 0.1) is 9.79 Å². The molecule has 2 aromatic rings. The van der Waals surface area contributed by atoms with Crippen LogP contribution in [0.5, 0.6) is 0 Å². The van der Waals surface area contributed by atoms with Crippen molar-refractivity contribution < 1.29 is 21.6 Å². The molecular weight excluding hydrogens is 462 g/mol. The van der Waals surface area contributed by atoms with Gasteiger partial charge in [-0.2, -0.15) is 4.31 Å². The largest absolute Gasteiger partial charge is 0.354 e. The van der Waals surface area contributed by atoms with E-state index in [4.69, 9.17) is 5.14 Å². The van der Waals surface area contributed by atoms with Gasteiger partial charge in [-0.1, -0.05) is 43.2 Å². The minimum atomic E-state index is -3.80. The summed E-state index contributed by atoms with van der Waals surface area (Å²) in [6.45, 7) is 0.318. The quantitative estimate of drug-likeness (QED) is 0.613. The molecule has 1 saturated carbocycles. The highest BCUT2D eigenvalue weighted by Crippen LogP contribution is 2.42. The van der Waals surface area contributed by atoms with Crippen molar-refractivity contribution in [1.82, 2.24) is 9.62 Å². The molecule has 0 radical (unpaired) electrons. The number of carbonyl (C=O) groups is 1. The van der Waals surface area contributed by atoms with E-state index in [0.29, 0.717) is 19.4 Å². The smallest absolute Gasteiger partial charge is 0.244 e. The fourth-order valence-corrected chi connectivity index (χ4v) is 7.41. The summed E-state index contributed by atoms with van der Waals surface area (Å²) >= 11 is 0. The highest BCUT2D eigenvalue weighted by molar-refractivity contribution is 7.89. The minimum absolute atomic E-state index is 0.0330. The molecule has 1 aliphatic carbocycles. The highest BCUT2D eigenvalue weighted by Gasteiger charge is 2.50. The first-order valence-corrected chi connectivity index (χ1v) is 14.1. The molecule has 8 nitrogen and oxygen atoms in total. The van der Waals surface area contributed by atoms with E-state index in [1.807, 2.05) is 0 Å². The average Bonchev–Trinajstić information content (AvgIpc) is 3.20. The van der Waals surface area contributed by atoms with Crippen molar-refractivity contribution >= 4 is 26.0 Å². The molecular formula is C23H29N3O5S2. The zero-order chi connectivity index (χ0) is 23.6. The fraction of sp³-hybridized carbons (Fsp3) is 0.435. The minimum Gasteiger partial charge on any atom is -0.354 e. The lowest BCUT2D eigenvalue weighted by atomic mass is 9.85. The predicted molar refractivity (Wildman–Crippen MR) is 124 cm³/mol. The van der Waals surface area contributed by atoms with Crippen LogP contribution in [0.1, 0.15) is 37.7 Å². The van der Waals surface area contributed by atoms with Gasteiger partial charge in [-0.25, -0.2) is 22.0 Å². The summed E-state index contributed by atoms with van der Waals surface area (Å²) < 4.78 is 51.2. The average molecular weight is 492 g/mol. The van der Waals surface area contributed by atoms with Crippen molar-refractivity contribution in [2.24, 2.45) is 11.1 Å². The molecule has 3 atom stereocenters. The van der Waals surface area contributed by atoms with Gasteiger partial charge in [-0.05, 0) is 61.4 Å². The van der Waals surface area contributed by atoms with Gasteiger partial charge in [0.2, 0.25) is 26.0 Å². The number of nitrogens with one attached hydrogen (secondary N) is 1. The molecule has 178 valence electrons. The number of hydrogen-bond acceptors (Lipinski definition) is 5. The van der Waals surface area contributed by atoms with E-state index in [0.717, 1.165) is 31.2 Å². The third kappa shape index (κ3) is 5.13. The number of sulfonamides is 2. The Morgan fingerprint density at radius 1 is 0.939 bits per heavy atom. The molecule has 1 heterocycles. The Morgan fingerprint density at radius 3 is 2.27 bits per heavy atom. The van der Waals surface area contributed by atoms with Crippen molar-refractivity contribution in [3.63, 3.8) is 0 Å². The van der Waals surface area contributed by atoms with Crippen LogP contribution in [0, 0.1) is 5.92 Å². The zero-order valence-electron chi connectivity index (χ0n) is 18.3. The van der Waals surface area contributed by atoms with Crippen LogP contribution >= 0.6 is 0 Å². The first-order valence-electron chi connectivity index (χ1n) is 11.2. The van der Waals surface area contributed by atoms with Gasteiger partial charge in [0.1, 0.15) is 6.04 Å². The molecule has 4 rings (SSSR count). The van der Waals surface area contributed by atoms with Crippen molar-refractivity contribution in [3.8, 4) is 0 Å². The van der Waals surface area contributed by atoms with Gasteiger partial charge in [-0.15, -0.1) is 0 Å². The summed E-state index contributed by atoms with van der Waals surface area (Å²) in [6, 6.07) is 13.6. The summed E-state index contributed by atoms with van der Waals surface area (Å²) in [5.74, 6) is -0.0937. The van der Waals surface area contributed by atoms with Gasteiger partial charge < -0.3 is 5.32 Å². The Labute approximate surface area is 195 Å². The van der Waals surface area contributed by atoms with Crippen LogP contribution in [0.15, 0.2) is 64.4 Å². The number of primary sulfonamides is 1. The SMILES string of the molecule is NS(=O)(=O)c1ccc(CCNC(=O)C2CC3CCCCC3N2S(=O)(=O)c2ccccc2)cc1.